The van der Waals surface area contributed by atoms with Crippen LogP contribution in [0.15, 0.2) is 97.1 Å². The van der Waals surface area contributed by atoms with Gasteiger partial charge in [0.1, 0.15) is 0 Å². The van der Waals surface area contributed by atoms with Crippen LogP contribution in [0.5, 0.6) is 0 Å². The van der Waals surface area contributed by atoms with Crippen molar-refractivity contribution < 1.29 is 4.79 Å². The molecule has 0 saturated heterocycles. The summed E-state index contributed by atoms with van der Waals surface area (Å²) in [4.78, 5) is 15.7. The number of fused-ring (bicyclic) bond motifs is 1. The molecule has 0 saturated carbocycles. The van der Waals surface area contributed by atoms with Gasteiger partial charge in [0.25, 0.3) is 5.91 Å². The van der Waals surface area contributed by atoms with E-state index < -0.39 is 0 Å². The highest BCUT2D eigenvalue weighted by Crippen LogP contribution is 2.36. The van der Waals surface area contributed by atoms with E-state index in [1.165, 1.54) is 16.3 Å². The molecule has 4 aromatic rings. The fourth-order valence-electron chi connectivity index (χ4n) is 5.09. The Morgan fingerprint density at radius 3 is 1.97 bits per heavy atom. The molecule has 0 spiro atoms. The van der Waals surface area contributed by atoms with Crippen LogP contribution in [0.3, 0.4) is 0 Å². The zero-order valence-corrected chi connectivity index (χ0v) is 21.4. The van der Waals surface area contributed by atoms with Crippen LogP contribution in [0.2, 0.25) is 0 Å². The molecule has 4 rings (SSSR count). The summed E-state index contributed by atoms with van der Waals surface area (Å²) in [5.74, 6) is 0.153. The highest BCUT2D eigenvalue weighted by molar-refractivity contribution is 5.96. The van der Waals surface area contributed by atoms with Crippen LogP contribution in [0, 0.1) is 0 Å². The van der Waals surface area contributed by atoms with Gasteiger partial charge < -0.3 is 10.2 Å². The Balaban J connectivity index is 1.74. The standard InChI is InChI=1S/C32H36N2O/c1-22(2)34(23(3)4)32(35)30-18-12-11-17-29(30)24(5)31(26-14-7-6-8-15-26)33-28-20-19-25-13-9-10-16-27(25)21-28/h6-24,31,33H,1-5H3/t24-,31+/m1/s1. The third kappa shape index (κ3) is 5.40. The molecule has 0 aliphatic carbocycles. The maximum atomic E-state index is 13.7. The van der Waals surface area contributed by atoms with Crippen molar-refractivity contribution in [3.8, 4) is 0 Å². The van der Waals surface area contributed by atoms with Gasteiger partial charge in [-0.2, -0.15) is 0 Å². The molecule has 1 amide bonds. The van der Waals surface area contributed by atoms with E-state index in [-0.39, 0.29) is 30.0 Å². The Bertz CT molecular complexity index is 1270. The predicted octanol–water partition coefficient (Wildman–Crippen LogP) is 8.06. The monoisotopic (exact) mass is 464 g/mol. The van der Waals surface area contributed by atoms with Crippen molar-refractivity contribution in [1.29, 1.82) is 0 Å². The zero-order chi connectivity index (χ0) is 24.9. The van der Waals surface area contributed by atoms with Gasteiger partial charge in [-0.1, -0.05) is 85.8 Å². The second-order valence-electron chi connectivity index (χ2n) is 9.87. The number of hydrogen-bond donors (Lipinski definition) is 1. The van der Waals surface area contributed by atoms with Crippen molar-refractivity contribution in [2.45, 2.75) is 58.7 Å². The van der Waals surface area contributed by atoms with Crippen molar-refractivity contribution in [3.05, 3.63) is 114 Å². The predicted molar refractivity (Wildman–Crippen MR) is 148 cm³/mol. The molecular formula is C32H36N2O. The maximum Gasteiger partial charge on any atom is 0.254 e. The van der Waals surface area contributed by atoms with Gasteiger partial charge in [-0.15, -0.1) is 0 Å². The van der Waals surface area contributed by atoms with Gasteiger partial charge in [0.15, 0.2) is 0 Å². The SMILES string of the molecule is CC(C)N(C(=O)c1ccccc1[C@@H](C)[C@H](Nc1ccc2ccccc2c1)c1ccccc1)C(C)C. The van der Waals surface area contributed by atoms with E-state index in [9.17, 15) is 4.79 Å². The van der Waals surface area contributed by atoms with E-state index in [4.69, 9.17) is 0 Å². The normalized spacial score (nSPS) is 13.1. The molecule has 35 heavy (non-hydrogen) atoms. The van der Waals surface area contributed by atoms with Gasteiger partial charge in [-0.3, -0.25) is 4.79 Å². The van der Waals surface area contributed by atoms with Crippen molar-refractivity contribution >= 4 is 22.4 Å². The fraction of sp³-hybridized carbons (Fsp3) is 0.281. The smallest absolute Gasteiger partial charge is 0.254 e. The van der Waals surface area contributed by atoms with Gasteiger partial charge >= 0.3 is 0 Å². The quantitative estimate of drug-likeness (QED) is 0.286. The van der Waals surface area contributed by atoms with Gasteiger partial charge in [0, 0.05) is 29.3 Å². The van der Waals surface area contributed by atoms with E-state index in [1.807, 2.05) is 29.2 Å². The lowest BCUT2D eigenvalue weighted by Gasteiger charge is -2.33. The minimum Gasteiger partial charge on any atom is -0.378 e. The molecule has 180 valence electrons. The first-order valence-corrected chi connectivity index (χ1v) is 12.6. The summed E-state index contributed by atoms with van der Waals surface area (Å²) in [5, 5.41) is 6.23. The van der Waals surface area contributed by atoms with E-state index >= 15 is 0 Å². The number of rotatable bonds is 8. The molecule has 0 fully saturated rings. The lowest BCUT2D eigenvalue weighted by atomic mass is 9.85. The third-order valence-electron chi connectivity index (χ3n) is 6.76. The molecule has 0 bridgehead atoms. The second-order valence-corrected chi connectivity index (χ2v) is 9.87. The van der Waals surface area contributed by atoms with Gasteiger partial charge in [0.05, 0.1) is 6.04 Å². The number of anilines is 1. The lowest BCUT2D eigenvalue weighted by Crippen LogP contribution is -2.42. The van der Waals surface area contributed by atoms with Crippen molar-refractivity contribution in [1.82, 2.24) is 4.90 Å². The topological polar surface area (TPSA) is 32.3 Å². The van der Waals surface area contributed by atoms with Gasteiger partial charge in [0.2, 0.25) is 0 Å². The molecule has 0 unspecified atom stereocenters. The first kappa shape index (κ1) is 24.5. The van der Waals surface area contributed by atoms with Gasteiger partial charge in [-0.25, -0.2) is 0 Å². The van der Waals surface area contributed by atoms with Crippen LogP contribution < -0.4 is 5.32 Å². The molecule has 0 aliphatic heterocycles. The van der Waals surface area contributed by atoms with Crippen LogP contribution in [0.1, 0.15) is 68.1 Å². The highest BCUT2D eigenvalue weighted by atomic mass is 16.2. The Kier molecular flexibility index (Phi) is 7.55. The number of carbonyl (C=O) groups excluding carboxylic acids is 1. The summed E-state index contributed by atoms with van der Waals surface area (Å²) in [7, 11) is 0. The molecule has 3 heteroatoms. The number of hydrogen-bond acceptors (Lipinski definition) is 2. The Labute approximate surface area is 209 Å². The molecule has 0 radical (unpaired) electrons. The van der Waals surface area contributed by atoms with Crippen LogP contribution >= 0.6 is 0 Å². The number of nitrogens with one attached hydrogen (secondary N) is 1. The van der Waals surface area contributed by atoms with E-state index in [1.54, 1.807) is 0 Å². The summed E-state index contributed by atoms with van der Waals surface area (Å²) < 4.78 is 0. The Morgan fingerprint density at radius 2 is 1.29 bits per heavy atom. The summed E-state index contributed by atoms with van der Waals surface area (Å²) in [5.41, 5.74) is 4.11. The van der Waals surface area contributed by atoms with Crippen molar-refractivity contribution in [2.75, 3.05) is 5.32 Å². The van der Waals surface area contributed by atoms with Crippen LogP contribution in [0.25, 0.3) is 10.8 Å². The van der Waals surface area contributed by atoms with Crippen molar-refractivity contribution in [3.63, 3.8) is 0 Å². The van der Waals surface area contributed by atoms with Crippen LogP contribution in [-0.4, -0.2) is 22.9 Å². The van der Waals surface area contributed by atoms with Gasteiger partial charge in [-0.05, 0) is 67.8 Å². The molecule has 3 nitrogen and oxygen atoms in total. The van der Waals surface area contributed by atoms with E-state index in [0.717, 1.165) is 16.8 Å². The lowest BCUT2D eigenvalue weighted by molar-refractivity contribution is 0.0642. The first-order chi connectivity index (χ1) is 16.9. The zero-order valence-electron chi connectivity index (χ0n) is 21.4. The molecular weight excluding hydrogens is 428 g/mol. The largest absolute Gasteiger partial charge is 0.378 e. The summed E-state index contributed by atoms with van der Waals surface area (Å²) in [6, 6.07) is 33.8. The van der Waals surface area contributed by atoms with Crippen LogP contribution in [-0.2, 0) is 0 Å². The molecule has 1 N–H and O–H groups in total. The van der Waals surface area contributed by atoms with Crippen molar-refractivity contribution in [2.24, 2.45) is 0 Å². The second kappa shape index (κ2) is 10.8. The first-order valence-electron chi connectivity index (χ1n) is 12.6. The molecule has 2 atom stereocenters. The Morgan fingerprint density at radius 1 is 0.686 bits per heavy atom. The highest BCUT2D eigenvalue weighted by Gasteiger charge is 2.28. The van der Waals surface area contributed by atoms with E-state index in [0.29, 0.717) is 0 Å². The minimum absolute atomic E-state index is 0.00198. The average Bonchev–Trinajstić information content (AvgIpc) is 2.87. The number of benzene rings is 4. The molecule has 0 aromatic heterocycles. The molecule has 0 heterocycles. The number of amides is 1. The Hall–Kier alpha value is -3.59. The average molecular weight is 465 g/mol. The summed E-state index contributed by atoms with van der Waals surface area (Å²) >= 11 is 0. The molecule has 4 aromatic carbocycles. The summed E-state index contributed by atoms with van der Waals surface area (Å²) in [6.07, 6.45) is 0. The minimum atomic E-state index is -0.00198. The number of carbonyl (C=O) groups is 1. The number of nitrogens with zero attached hydrogens (tertiary/aromatic N) is 1. The third-order valence-corrected chi connectivity index (χ3v) is 6.76. The fourth-order valence-corrected chi connectivity index (χ4v) is 5.09. The molecule has 0 aliphatic rings. The maximum absolute atomic E-state index is 13.7. The van der Waals surface area contributed by atoms with Crippen LogP contribution in [0.4, 0.5) is 5.69 Å². The van der Waals surface area contributed by atoms with E-state index in [2.05, 4.69) is 113 Å². The summed E-state index contributed by atoms with van der Waals surface area (Å²) in [6.45, 7) is 10.5.